The first-order valence-electron chi connectivity index (χ1n) is 5.51. The van der Waals surface area contributed by atoms with Crippen LogP contribution in [0.25, 0.3) is 0 Å². The number of rotatable bonds is 5. The summed E-state index contributed by atoms with van der Waals surface area (Å²) in [7, 11) is 1.66. The van der Waals surface area contributed by atoms with Crippen molar-refractivity contribution in [1.29, 1.82) is 0 Å². The highest BCUT2D eigenvalue weighted by Crippen LogP contribution is 2.14. The molecule has 3 nitrogen and oxygen atoms in total. The summed E-state index contributed by atoms with van der Waals surface area (Å²) in [5.41, 5.74) is 2.07. The first-order chi connectivity index (χ1) is 7.67. The smallest absolute Gasteiger partial charge is 0.118 e. The molecule has 0 saturated heterocycles. The van der Waals surface area contributed by atoms with E-state index in [0.717, 1.165) is 24.3 Å². The Bertz CT molecular complexity index is 341. The van der Waals surface area contributed by atoms with Crippen LogP contribution in [-0.4, -0.2) is 18.0 Å². The summed E-state index contributed by atoms with van der Waals surface area (Å²) >= 11 is 0. The van der Waals surface area contributed by atoms with Crippen LogP contribution in [0.5, 0.6) is 5.75 Å². The molecule has 1 aromatic rings. The lowest BCUT2D eigenvalue weighted by atomic mass is 10.0. The number of nitrogens with zero attached hydrogens (tertiary/aromatic N) is 1. The standard InChI is InChI=1S/C13H19NO2/c1-10(2)13(14-15)9-6-11-4-7-12(16-3)8-5-11/h4-5,7-8,10,15H,6,9H2,1-3H3. The Labute approximate surface area is 96.7 Å². The summed E-state index contributed by atoms with van der Waals surface area (Å²) in [6, 6.07) is 7.96. The molecule has 0 amide bonds. The monoisotopic (exact) mass is 221 g/mol. The lowest BCUT2D eigenvalue weighted by molar-refractivity contribution is 0.314. The number of methoxy groups -OCH3 is 1. The van der Waals surface area contributed by atoms with E-state index in [9.17, 15) is 0 Å². The highest BCUT2D eigenvalue weighted by atomic mass is 16.5. The third kappa shape index (κ3) is 3.57. The minimum Gasteiger partial charge on any atom is -0.497 e. The van der Waals surface area contributed by atoms with Gasteiger partial charge < -0.3 is 9.94 Å². The Hall–Kier alpha value is -1.51. The molecular formula is C13H19NO2. The third-order valence-corrected chi connectivity index (χ3v) is 2.62. The molecule has 0 aliphatic rings. The number of aryl methyl sites for hydroxylation is 1. The molecule has 3 heteroatoms. The number of ether oxygens (including phenoxy) is 1. The van der Waals surface area contributed by atoms with Gasteiger partial charge in [-0.15, -0.1) is 0 Å². The van der Waals surface area contributed by atoms with Crippen molar-refractivity contribution in [3.63, 3.8) is 0 Å². The Kier molecular flexibility index (Phi) is 4.83. The molecule has 1 N–H and O–H groups in total. The van der Waals surface area contributed by atoms with Crippen molar-refractivity contribution in [1.82, 2.24) is 0 Å². The van der Waals surface area contributed by atoms with Gasteiger partial charge in [-0.05, 0) is 36.5 Å². The van der Waals surface area contributed by atoms with Crippen LogP contribution in [0, 0.1) is 5.92 Å². The lowest BCUT2D eigenvalue weighted by Gasteiger charge is -2.08. The van der Waals surface area contributed by atoms with Crippen LogP contribution in [0.1, 0.15) is 25.8 Å². The first-order valence-corrected chi connectivity index (χ1v) is 5.51. The zero-order chi connectivity index (χ0) is 12.0. The first kappa shape index (κ1) is 12.6. The van der Waals surface area contributed by atoms with Gasteiger partial charge in [0.25, 0.3) is 0 Å². The van der Waals surface area contributed by atoms with Gasteiger partial charge in [0.1, 0.15) is 5.75 Å². The SMILES string of the molecule is COc1ccc(CCC(=NO)C(C)C)cc1. The van der Waals surface area contributed by atoms with Crippen LogP contribution in [-0.2, 0) is 6.42 Å². The van der Waals surface area contributed by atoms with Gasteiger partial charge in [0.05, 0.1) is 12.8 Å². The molecule has 1 aromatic carbocycles. The number of benzene rings is 1. The fourth-order valence-electron chi connectivity index (χ4n) is 1.52. The zero-order valence-electron chi connectivity index (χ0n) is 10.1. The predicted octanol–water partition coefficient (Wildman–Crippen LogP) is 3.11. The van der Waals surface area contributed by atoms with Gasteiger partial charge in [0.2, 0.25) is 0 Å². The Morgan fingerprint density at radius 3 is 2.38 bits per heavy atom. The van der Waals surface area contributed by atoms with Gasteiger partial charge >= 0.3 is 0 Å². The van der Waals surface area contributed by atoms with E-state index in [-0.39, 0.29) is 0 Å². The summed E-state index contributed by atoms with van der Waals surface area (Å²) in [4.78, 5) is 0. The summed E-state index contributed by atoms with van der Waals surface area (Å²) in [6.45, 7) is 4.06. The number of hydrogen-bond donors (Lipinski definition) is 1. The van der Waals surface area contributed by atoms with Crippen molar-refractivity contribution in [3.05, 3.63) is 29.8 Å². The van der Waals surface area contributed by atoms with Crippen LogP contribution in [0.2, 0.25) is 0 Å². The second-order valence-electron chi connectivity index (χ2n) is 4.09. The number of hydrogen-bond acceptors (Lipinski definition) is 3. The van der Waals surface area contributed by atoms with E-state index in [1.807, 2.05) is 38.1 Å². The topological polar surface area (TPSA) is 41.8 Å². The van der Waals surface area contributed by atoms with Gasteiger partial charge in [0, 0.05) is 0 Å². The lowest BCUT2D eigenvalue weighted by Crippen LogP contribution is -2.08. The summed E-state index contributed by atoms with van der Waals surface area (Å²) in [6.07, 6.45) is 1.68. The Morgan fingerprint density at radius 2 is 1.94 bits per heavy atom. The van der Waals surface area contributed by atoms with E-state index in [4.69, 9.17) is 9.94 Å². The number of oxime groups is 1. The highest BCUT2D eigenvalue weighted by Gasteiger charge is 2.06. The van der Waals surface area contributed by atoms with E-state index >= 15 is 0 Å². The summed E-state index contributed by atoms with van der Waals surface area (Å²) in [5.74, 6) is 1.16. The van der Waals surface area contributed by atoms with Crippen molar-refractivity contribution < 1.29 is 9.94 Å². The average Bonchev–Trinajstić information content (AvgIpc) is 2.30. The normalized spacial score (nSPS) is 11.9. The molecule has 0 aliphatic heterocycles. The zero-order valence-corrected chi connectivity index (χ0v) is 10.1. The molecule has 88 valence electrons. The van der Waals surface area contributed by atoms with Crippen LogP contribution in [0.4, 0.5) is 0 Å². The molecule has 0 fully saturated rings. The molecule has 0 saturated carbocycles. The van der Waals surface area contributed by atoms with Gasteiger partial charge in [0.15, 0.2) is 0 Å². The van der Waals surface area contributed by atoms with Gasteiger partial charge in [-0.1, -0.05) is 31.1 Å². The van der Waals surface area contributed by atoms with Crippen molar-refractivity contribution in [3.8, 4) is 5.75 Å². The Balaban J connectivity index is 2.54. The maximum absolute atomic E-state index is 8.82. The molecule has 1 rings (SSSR count). The average molecular weight is 221 g/mol. The second kappa shape index (κ2) is 6.16. The van der Waals surface area contributed by atoms with Crippen LogP contribution in [0.3, 0.4) is 0 Å². The van der Waals surface area contributed by atoms with E-state index in [1.54, 1.807) is 7.11 Å². The fourth-order valence-corrected chi connectivity index (χ4v) is 1.52. The van der Waals surface area contributed by atoms with E-state index < -0.39 is 0 Å². The van der Waals surface area contributed by atoms with Gasteiger partial charge in [-0.3, -0.25) is 0 Å². The predicted molar refractivity (Wildman–Crippen MR) is 65.4 cm³/mol. The molecular weight excluding hydrogens is 202 g/mol. The van der Waals surface area contributed by atoms with Crippen molar-refractivity contribution in [2.24, 2.45) is 11.1 Å². The molecule has 0 unspecified atom stereocenters. The minimum atomic E-state index is 0.295. The third-order valence-electron chi connectivity index (χ3n) is 2.62. The molecule has 0 aliphatic carbocycles. The molecule has 0 aromatic heterocycles. The van der Waals surface area contributed by atoms with Crippen LogP contribution < -0.4 is 4.74 Å². The molecule has 16 heavy (non-hydrogen) atoms. The molecule has 0 heterocycles. The largest absolute Gasteiger partial charge is 0.497 e. The van der Waals surface area contributed by atoms with Gasteiger partial charge in [-0.25, -0.2) is 0 Å². The van der Waals surface area contributed by atoms with Crippen LogP contribution >= 0.6 is 0 Å². The van der Waals surface area contributed by atoms with Crippen LogP contribution in [0.15, 0.2) is 29.4 Å². The maximum atomic E-state index is 8.82. The Morgan fingerprint density at radius 1 is 1.31 bits per heavy atom. The van der Waals surface area contributed by atoms with E-state index in [1.165, 1.54) is 5.56 Å². The highest BCUT2D eigenvalue weighted by molar-refractivity contribution is 5.85. The van der Waals surface area contributed by atoms with Gasteiger partial charge in [-0.2, -0.15) is 0 Å². The molecule has 0 atom stereocenters. The molecule has 0 spiro atoms. The van der Waals surface area contributed by atoms with E-state index in [0.29, 0.717) is 5.92 Å². The minimum absolute atomic E-state index is 0.295. The maximum Gasteiger partial charge on any atom is 0.118 e. The van der Waals surface area contributed by atoms with Crippen molar-refractivity contribution in [2.45, 2.75) is 26.7 Å². The summed E-state index contributed by atoms with van der Waals surface area (Å²) < 4.78 is 5.09. The molecule has 0 bridgehead atoms. The fraction of sp³-hybridized carbons (Fsp3) is 0.462. The quantitative estimate of drug-likeness (QED) is 0.471. The van der Waals surface area contributed by atoms with Crippen molar-refractivity contribution in [2.75, 3.05) is 7.11 Å². The van der Waals surface area contributed by atoms with Crippen molar-refractivity contribution >= 4 is 5.71 Å². The molecule has 0 radical (unpaired) electrons. The van der Waals surface area contributed by atoms with E-state index in [2.05, 4.69) is 5.16 Å². The summed E-state index contributed by atoms with van der Waals surface area (Å²) in [5, 5.41) is 12.2. The second-order valence-corrected chi connectivity index (χ2v) is 4.09.